The number of thiophene rings is 1. The maximum atomic E-state index is 11.5. The summed E-state index contributed by atoms with van der Waals surface area (Å²) in [7, 11) is 0. The van der Waals surface area contributed by atoms with E-state index in [0.29, 0.717) is 28.6 Å². The number of nitrogens with two attached hydrogens (primary N) is 1. The van der Waals surface area contributed by atoms with E-state index in [-0.39, 0.29) is 13.0 Å². The zero-order valence-electron chi connectivity index (χ0n) is 17.5. The van der Waals surface area contributed by atoms with Crippen LogP contribution in [0.5, 0.6) is 0 Å². The van der Waals surface area contributed by atoms with Crippen LogP contribution in [0.4, 0.5) is 5.82 Å². The van der Waals surface area contributed by atoms with Crippen LogP contribution in [0.25, 0.3) is 32.2 Å². The normalized spacial score (nSPS) is 11.5. The highest BCUT2D eigenvalue weighted by molar-refractivity contribution is 7.17. The second kappa shape index (κ2) is 8.51. The van der Waals surface area contributed by atoms with Crippen molar-refractivity contribution in [2.45, 2.75) is 19.6 Å². The number of aliphatic carboxylic acids is 1. The summed E-state index contributed by atoms with van der Waals surface area (Å²) in [5.41, 5.74) is 10.7. The first-order chi connectivity index (χ1) is 15.9. The van der Waals surface area contributed by atoms with Crippen LogP contribution in [-0.2, 0) is 24.4 Å². The topological polar surface area (TPSA) is 101 Å². The lowest BCUT2D eigenvalue weighted by Crippen LogP contribution is -2.00. The molecule has 0 bridgehead atoms. The van der Waals surface area contributed by atoms with Gasteiger partial charge in [0.15, 0.2) is 0 Å². The molecular weight excluding hydrogens is 458 g/mol. The van der Waals surface area contributed by atoms with Crippen LogP contribution in [0.15, 0.2) is 60.1 Å². The van der Waals surface area contributed by atoms with Crippen LogP contribution in [0, 0.1) is 0 Å². The third-order valence-corrected chi connectivity index (χ3v) is 6.95. The molecule has 0 spiro atoms. The van der Waals surface area contributed by atoms with Gasteiger partial charge >= 0.3 is 5.97 Å². The fraction of sp³-hybridized carbons (Fsp3) is 0.120. The summed E-state index contributed by atoms with van der Waals surface area (Å²) in [6, 6.07) is 15.0. The first kappa shape index (κ1) is 21.5. The minimum Gasteiger partial charge on any atom is -0.481 e. The highest BCUT2D eigenvalue weighted by atomic mass is 35.5. The predicted octanol–water partition coefficient (Wildman–Crippen LogP) is 5.32. The van der Waals surface area contributed by atoms with Gasteiger partial charge in [-0.2, -0.15) is 0 Å². The molecule has 0 aliphatic heterocycles. The number of halogens is 1. The van der Waals surface area contributed by atoms with Gasteiger partial charge in [-0.05, 0) is 52.2 Å². The maximum absolute atomic E-state index is 11.5. The Balaban J connectivity index is 1.67. The molecule has 0 saturated heterocycles. The number of nitrogen functional groups attached to an aromatic ring is 1. The quantitative estimate of drug-likeness (QED) is 0.307. The summed E-state index contributed by atoms with van der Waals surface area (Å²) < 4.78 is 3.21. The lowest BCUT2D eigenvalue weighted by atomic mass is 10.0. The number of rotatable bonds is 6. The molecule has 2 aromatic carbocycles. The van der Waals surface area contributed by atoms with Crippen molar-refractivity contribution in [1.29, 1.82) is 0 Å². The van der Waals surface area contributed by atoms with Crippen LogP contribution in [0.1, 0.15) is 16.7 Å². The molecule has 33 heavy (non-hydrogen) atoms. The molecule has 5 aromatic rings. The van der Waals surface area contributed by atoms with Crippen LogP contribution in [0.3, 0.4) is 0 Å². The Hall–Kier alpha value is -3.39. The van der Waals surface area contributed by atoms with E-state index >= 15 is 0 Å². The second-order valence-corrected chi connectivity index (χ2v) is 9.24. The number of nitrogens with zero attached hydrogens (tertiary/aromatic N) is 2. The van der Waals surface area contributed by atoms with Gasteiger partial charge in [-0.25, -0.2) is 4.98 Å². The summed E-state index contributed by atoms with van der Waals surface area (Å²) in [5, 5.41) is 23.9. The standard InChI is InChI=1S/C25H20ClN3O3S/c26-18-3-5-22-20(9-18)17(13-33-22)11-29-10-16(8-24(31)32)19-4-1-14(7-21(19)29)25-15(12-30)2-6-23(27)28-25/h1-7,9-10,13,30H,8,11-12H2,(H2,27,28)(H,31,32). The maximum Gasteiger partial charge on any atom is 0.307 e. The van der Waals surface area contributed by atoms with E-state index < -0.39 is 5.97 Å². The van der Waals surface area contributed by atoms with Gasteiger partial charge in [-0.15, -0.1) is 11.3 Å². The molecular formula is C25H20ClN3O3S. The summed E-state index contributed by atoms with van der Waals surface area (Å²) in [6.07, 6.45) is 1.83. The average Bonchev–Trinajstić information content (AvgIpc) is 3.34. The molecule has 6 nitrogen and oxygen atoms in total. The van der Waals surface area contributed by atoms with Gasteiger partial charge in [0, 0.05) is 44.5 Å². The summed E-state index contributed by atoms with van der Waals surface area (Å²) in [4.78, 5) is 15.9. The van der Waals surface area contributed by atoms with Crippen molar-refractivity contribution in [3.63, 3.8) is 0 Å². The number of pyridine rings is 1. The smallest absolute Gasteiger partial charge is 0.307 e. The lowest BCUT2D eigenvalue weighted by molar-refractivity contribution is -0.136. The number of carboxylic acid groups (broad SMARTS) is 1. The fourth-order valence-electron chi connectivity index (χ4n) is 4.19. The number of hydrogen-bond acceptors (Lipinski definition) is 5. The number of carbonyl (C=O) groups is 1. The molecule has 4 N–H and O–H groups in total. The summed E-state index contributed by atoms with van der Waals surface area (Å²) in [6.45, 7) is 0.407. The summed E-state index contributed by atoms with van der Waals surface area (Å²) in [5.74, 6) is -0.517. The van der Waals surface area contributed by atoms with Crippen molar-refractivity contribution in [3.05, 3.63) is 81.8 Å². The molecule has 0 saturated carbocycles. The van der Waals surface area contributed by atoms with E-state index in [1.165, 1.54) is 0 Å². The average molecular weight is 478 g/mol. The largest absolute Gasteiger partial charge is 0.481 e. The number of anilines is 1. The van der Waals surface area contributed by atoms with Crippen molar-refractivity contribution < 1.29 is 15.0 Å². The van der Waals surface area contributed by atoms with Crippen molar-refractivity contribution in [2.75, 3.05) is 5.73 Å². The van der Waals surface area contributed by atoms with E-state index in [9.17, 15) is 15.0 Å². The molecule has 0 aliphatic rings. The molecule has 166 valence electrons. The van der Waals surface area contributed by atoms with E-state index in [1.807, 2.05) is 42.6 Å². The molecule has 0 amide bonds. The molecule has 0 fully saturated rings. The van der Waals surface area contributed by atoms with E-state index in [4.69, 9.17) is 17.3 Å². The number of benzene rings is 2. The van der Waals surface area contributed by atoms with Gasteiger partial charge in [0.25, 0.3) is 0 Å². The Morgan fingerprint density at radius 3 is 2.70 bits per heavy atom. The molecule has 5 rings (SSSR count). The lowest BCUT2D eigenvalue weighted by Gasteiger charge is -2.10. The van der Waals surface area contributed by atoms with Crippen molar-refractivity contribution in [3.8, 4) is 11.3 Å². The number of aliphatic hydroxyl groups excluding tert-OH is 1. The van der Waals surface area contributed by atoms with E-state index in [2.05, 4.69) is 14.9 Å². The van der Waals surface area contributed by atoms with Crippen LogP contribution < -0.4 is 5.73 Å². The number of aliphatic hydroxyl groups is 1. The highest BCUT2D eigenvalue weighted by Crippen LogP contribution is 2.33. The zero-order valence-corrected chi connectivity index (χ0v) is 19.0. The first-order valence-corrected chi connectivity index (χ1v) is 11.5. The van der Waals surface area contributed by atoms with Gasteiger partial charge < -0.3 is 20.5 Å². The molecule has 0 aliphatic carbocycles. The first-order valence-electron chi connectivity index (χ1n) is 10.3. The minimum atomic E-state index is -0.883. The Morgan fingerprint density at radius 1 is 1.06 bits per heavy atom. The Morgan fingerprint density at radius 2 is 1.91 bits per heavy atom. The minimum absolute atomic E-state index is 0.0719. The van der Waals surface area contributed by atoms with Crippen molar-refractivity contribution >= 4 is 55.7 Å². The Bertz CT molecular complexity index is 1520. The van der Waals surface area contributed by atoms with Crippen molar-refractivity contribution in [1.82, 2.24) is 9.55 Å². The number of fused-ring (bicyclic) bond motifs is 2. The zero-order chi connectivity index (χ0) is 23.1. The molecule has 0 radical (unpaired) electrons. The van der Waals surface area contributed by atoms with E-state index in [0.717, 1.165) is 37.7 Å². The third kappa shape index (κ3) is 4.06. The Labute approximate surface area is 198 Å². The second-order valence-electron chi connectivity index (χ2n) is 7.89. The SMILES string of the molecule is Nc1ccc(CO)c(-c2ccc3c(CC(=O)O)cn(Cc4csc5ccc(Cl)cc45)c3c2)n1. The fourth-order valence-corrected chi connectivity index (χ4v) is 5.30. The molecule has 0 atom stereocenters. The number of aromatic nitrogens is 2. The predicted molar refractivity (Wildman–Crippen MR) is 133 cm³/mol. The highest BCUT2D eigenvalue weighted by Gasteiger charge is 2.16. The van der Waals surface area contributed by atoms with Crippen LogP contribution >= 0.6 is 22.9 Å². The van der Waals surface area contributed by atoms with Crippen LogP contribution in [0.2, 0.25) is 5.02 Å². The monoisotopic (exact) mass is 477 g/mol. The van der Waals surface area contributed by atoms with Gasteiger partial charge in [0.05, 0.1) is 18.7 Å². The molecule has 0 unspecified atom stereocenters. The summed E-state index contributed by atoms with van der Waals surface area (Å²) >= 11 is 7.89. The van der Waals surface area contributed by atoms with Crippen molar-refractivity contribution in [2.24, 2.45) is 0 Å². The van der Waals surface area contributed by atoms with Gasteiger partial charge in [0.2, 0.25) is 0 Å². The molecule has 8 heteroatoms. The van der Waals surface area contributed by atoms with Gasteiger partial charge in [-0.1, -0.05) is 29.8 Å². The Kier molecular flexibility index (Phi) is 5.54. The number of carboxylic acids is 1. The third-order valence-electron chi connectivity index (χ3n) is 5.71. The van der Waals surface area contributed by atoms with Crippen LogP contribution in [-0.4, -0.2) is 25.7 Å². The molecule has 3 heterocycles. The van der Waals surface area contributed by atoms with Gasteiger partial charge in [-0.3, -0.25) is 4.79 Å². The molecule has 3 aromatic heterocycles. The van der Waals surface area contributed by atoms with Gasteiger partial charge in [0.1, 0.15) is 5.82 Å². The number of hydrogen-bond donors (Lipinski definition) is 3. The van der Waals surface area contributed by atoms with E-state index in [1.54, 1.807) is 23.5 Å².